The van der Waals surface area contributed by atoms with Crippen molar-refractivity contribution in [1.29, 1.82) is 0 Å². The SMILES string of the molecule is Cn1cc([C@H]2N[C@@H](c3nc(-c4ccc(F)cc4)n[nH]3)Cc3c2[nH]c2cc(F)ccc32)cn1. The van der Waals surface area contributed by atoms with Crippen molar-refractivity contribution < 1.29 is 8.78 Å². The maximum absolute atomic E-state index is 13.9. The molecule has 9 heteroatoms. The quantitative estimate of drug-likeness (QED) is 0.404. The molecule has 2 atom stereocenters. The summed E-state index contributed by atoms with van der Waals surface area (Å²) in [5.41, 5.74) is 4.59. The highest BCUT2D eigenvalue weighted by molar-refractivity contribution is 5.85. The van der Waals surface area contributed by atoms with Crippen LogP contribution in [-0.4, -0.2) is 29.9 Å². The van der Waals surface area contributed by atoms with Gasteiger partial charge in [-0.2, -0.15) is 10.2 Å². The molecule has 0 spiro atoms. The number of benzene rings is 2. The molecule has 160 valence electrons. The fraction of sp³-hybridized carbons (Fsp3) is 0.174. The van der Waals surface area contributed by atoms with Crippen LogP contribution >= 0.6 is 0 Å². The van der Waals surface area contributed by atoms with Gasteiger partial charge < -0.3 is 4.98 Å². The minimum atomic E-state index is -0.305. The lowest BCUT2D eigenvalue weighted by molar-refractivity contribution is 0.431. The van der Waals surface area contributed by atoms with Crippen molar-refractivity contribution in [1.82, 2.24) is 35.3 Å². The lowest BCUT2D eigenvalue weighted by Crippen LogP contribution is -2.34. The monoisotopic (exact) mass is 431 g/mol. The Morgan fingerprint density at radius 3 is 2.66 bits per heavy atom. The van der Waals surface area contributed by atoms with Crippen molar-refractivity contribution in [3.05, 3.63) is 89.1 Å². The molecule has 0 saturated carbocycles. The first-order valence-electron chi connectivity index (χ1n) is 10.3. The summed E-state index contributed by atoms with van der Waals surface area (Å²) < 4.78 is 28.9. The van der Waals surface area contributed by atoms with Gasteiger partial charge in [-0.1, -0.05) is 0 Å². The van der Waals surface area contributed by atoms with Gasteiger partial charge in [0, 0.05) is 41.0 Å². The zero-order valence-corrected chi connectivity index (χ0v) is 17.1. The van der Waals surface area contributed by atoms with Gasteiger partial charge in [-0.15, -0.1) is 0 Å². The van der Waals surface area contributed by atoms with E-state index >= 15 is 0 Å². The summed E-state index contributed by atoms with van der Waals surface area (Å²) in [5, 5.41) is 16.3. The Balaban J connectivity index is 1.43. The van der Waals surface area contributed by atoms with Crippen LogP contribution in [0.1, 0.15) is 34.7 Å². The zero-order valence-electron chi connectivity index (χ0n) is 17.1. The van der Waals surface area contributed by atoms with Gasteiger partial charge in [-0.25, -0.2) is 13.8 Å². The van der Waals surface area contributed by atoms with Gasteiger partial charge in [-0.05, 0) is 54.4 Å². The highest BCUT2D eigenvalue weighted by Crippen LogP contribution is 2.38. The van der Waals surface area contributed by atoms with Crippen molar-refractivity contribution in [2.24, 2.45) is 7.05 Å². The van der Waals surface area contributed by atoms with Crippen molar-refractivity contribution >= 4 is 10.9 Å². The van der Waals surface area contributed by atoms with E-state index in [4.69, 9.17) is 0 Å². The number of nitrogens with one attached hydrogen (secondary N) is 3. The maximum Gasteiger partial charge on any atom is 0.181 e. The minimum absolute atomic E-state index is 0.154. The standard InChI is InChI=1S/C23H19F2N7/c1-32-11-13(10-26-32)20-21-17(16-7-6-15(25)8-18(16)27-21)9-19(28-20)23-29-22(30-31-23)12-2-4-14(24)5-3-12/h2-8,10-11,19-20,27-28H,9H2,1H3,(H,29,30,31)/t19-,20-/m1/s1. The summed E-state index contributed by atoms with van der Waals surface area (Å²) in [6.45, 7) is 0. The van der Waals surface area contributed by atoms with Crippen LogP contribution in [0.25, 0.3) is 22.3 Å². The molecule has 32 heavy (non-hydrogen) atoms. The molecular weight excluding hydrogens is 412 g/mol. The first-order chi connectivity index (χ1) is 15.5. The Morgan fingerprint density at radius 2 is 1.88 bits per heavy atom. The average molecular weight is 431 g/mol. The molecule has 0 saturated heterocycles. The Kier molecular flexibility index (Phi) is 4.19. The normalized spacial score (nSPS) is 18.2. The molecule has 0 fully saturated rings. The number of halogens is 2. The number of H-pyrrole nitrogens is 2. The number of hydrogen-bond acceptors (Lipinski definition) is 4. The number of aryl methyl sites for hydroxylation is 1. The molecule has 2 aromatic carbocycles. The first-order valence-corrected chi connectivity index (χ1v) is 10.3. The van der Waals surface area contributed by atoms with Crippen LogP contribution in [0.15, 0.2) is 54.9 Å². The van der Waals surface area contributed by atoms with Gasteiger partial charge in [0.2, 0.25) is 0 Å². The third kappa shape index (κ3) is 3.09. The fourth-order valence-electron chi connectivity index (χ4n) is 4.45. The molecule has 4 heterocycles. The van der Waals surface area contributed by atoms with Crippen molar-refractivity contribution in [3.63, 3.8) is 0 Å². The molecule has 5 aromatic rings. The summed E-state index contributed by atoms with van der Waals surface area (Å²) in [5.74, 6) is 0.602. The molecule has 0 unspecified atom stereocenters. The highest BCUT2D eigenvalue weighted by atomic mass is 19.1. The summed E-state index contributed by atoms with van der Waals surface area (Å²) in [6.07, 6.45) is 4.43. The van der Waals surface area contributed by atoms with E-state index in [2.05, 4.69) is 30.6 Å². The fourth-order valence-corrected chi connectivity index (χ4v) is 4.45. The Labute approximate surface area is 181 Å². The van der Waals surface area contributed by atoms with E-state index in [0.717, 1.165) is 33.3 Å². The smallest absolute Gasteiger partial charge is 0.181 e. The second-order valence-corrected chi connectivity index (χ2v) is 8.06. The second kappa shape index (κ2) is 7.10. The van der Waals surface area contributed by atoms with Crippen LogP contribution in [0.2, 0.25) is 0 Å². The number of aromatic amines is 2. The van der Waals surface area contributed by atoms with Crippen LogP contribution in [0, 0.1) is 11.6 Å². The van der Waals surface area contributed by atoms with Crippen molar-refractivity contribution in [2.75, 3.05) is 0 Å². The topological polar surface area (TPSA) is 87.2 Å². The average Bonchev–Trinajstić information content (AvgIpc) is 3.51. The predicted molar refractivity (Wildman–Crippen MR) is 115 cm³/mol. The molecule has 3 aromatic heterocycles. The van der Waals surface area contributed by atoms with Crippen LogP contribution in [0.3, 0.4) is 0 Å². The second-order valence-electron chi connectivity index (χ2n) is 8.06. The minimum Gasteiger partial charge on any atom is -0.356 e. The Hall–Kier alpha value is -3.85. The molecule has 0 radical (unpaired) electrons. The van der Waals surface area contributed by atoms with Crippen LogP contribution in [-0.2, 0) is 13.5 Å². The van der Waals surface area contributed by atoms with Gasteiger partial charge in [-0.3, -0.25) is 15.1 Å². The largest absolute Gasteiger partial charge is 0.356 e. The number of hydrogen-bond donors (Lipinski definition) is 3. The summed E-state index contributed by atoms with van der Waals surface area (Å²) >= 11 is 0. The van der Waals surface area contributed by atoms with E-state index in [9.17, 15) is 8.78 Å². The number of rotatable bonds is 3. The molecule has 1 aliphatic heterocycles. The van der Waals surface area contributed by atoms with Gasteiger partial charge >= 0.3 is 0 Å². The number of fused-ring (bicyclic) bond motifs is 3. The van der Waals surface area contributed by atoms with E-state index in [1.807, 2.05) is 25.5 Å². The molecule has 0 amide bonds. The van der Waals surface area contributed by atoms with E-state index in [1.165, 1.54) is 24.3 Å². The van der Waals surface area contributed by atoms with Crippen molar-refractivity contribution in [3.8, 4) is 11.4 Å². The summed E-state index contributed by atoms with van der Waals surface area (Å²) in [7, 11) is 1.87. The number of nitrogens with zero attached hydrogens (tertiary/aromatic N) is 4. The molecule has 0 bridgehead atoms. The first kappa shape index (κ1) is 18.9. The molecular formula is C23H19F2N7. The van der Waals surface area contributed by atoms with E-state index in [-0.39, 0.29) is 23.7 Å². The third-order valence-corrected chi connectivity index (χ3v) is 5.96. The third-order valence-electron chi connectivity index (χ3n) is 5.96. The predicted octanol–water partition coefficient (Wildman–Crippen LogP) is 3.94. The molecule has 0 aliphatic carbocycles. The molecule has 3 N–H and O–H groups in total. The van der Waals surface area contributed by atoms with Gasteiger partial charge in [0.15, 0.2) is 5.82 Å². The van der Waals surface area contributed by atoms with Crippen LogP contribution in [0.5, 0.6) is 0 Å². The molecule has 7 nitrogen and oxygen atoms in total. The van der Waals surface area contributed by atoms with E-state index in [0.29, 0.717) is 18.1 Å². The summed E-state index contributed by atoms with van der Waals surface area (Å²) in [4.78, 5) is 8.08. The van der Waals surface area contributed by atoms with E-state index in [1.54, 1.807) is 16.8 Å². The van der Waals surface area contributed by atoms with Crippen molar-refractivity contribution in [2.45, 2.75) is 18.5 Å². The summed E-state index contributed by atoms with van der Waals surface area (Å²) in [6, 6.07) is 10.6. The Bertz CT molecular complexity index is 1430. The lowest BCUT2D eigenvalue weighted by atomic mass is 9.91. The van der Waals surface area contributed by atoms with Crippen LogP contribution in [0.4, 0.5) is 8.78 Å². The lowest BCUT2D eigenvalue weighted by Gasteiger charge is -2.29. The Morgan fingerprint density at radius 1 is 1.06 bits per heavy atom. The maximum atomic E-state index is 13.9. The van der Waals surface area contributed by atoms with Gasteiger partial charge in [0.1, 0.15) is 17.5 Å². The molecule has 1 aliphatic rings. The van der Waals surface area contributed by atoms with Gasteiger partial charge in [0.25, 0.3) is 0 Å². The van der Waals surface area contributed by atoms with Crippen LogP contribution < -0.4 is 5.32 Å². The zero-order chi connectivity index (χ0) is 21.8. The number of aromatic nitrogens is 6. The van der Waals surface area contributed by atoms with E-state index < -0.39 is 0 Å². The van der Waals surface area contributed by atoms with Gasteiger partial charge in [0.05, 0.1) is 18.3 Å². The molecule has 6 rings (SSSR count). The highest BCUT2D eigenvalue weighted by Gasteiger charge is 2.33.